The maximum atomic E-state index is 6.29. The van der Waals surface area contributed by atoms with Crippen LogP contribution < -0.4 is 5.32 Å². The Balaban J connectivity index is 2.18. The van der Waals surface area contributed by atoms with Crippen molar-refractivity contribution in [2.75, 3.05) is 6.54 Å². The Labute approximate surface area is 132 Å². The standard InChI is InChI=1S/C18H23ClN2/c1-4-20-17(18-16(19)6-5-11-21-18)12-14-7-9-15(10-8-14)13(2)3/h5-11,13,17,20H,4,12H2,1-3H3. The van der Waals surface area contributed by atoms with E-state index in [0.29, 0.717) is 5.92 Å². The van der Waals surface area contributed by atoms with Crippen LogP contribution >= 0.6 is 11.6 Å². The van der Waals surface area contributed by atoms with Crippen LogP contribution in [0.15, 0.2) is 42.6 Å². The van der Waals surface area contributed by atoms with E-state index in [1.165, 1.54) is 11.1 Å². The molecule has 1 unspecified atom stereocenters. The van der Waals surface area contributed by atoms with Gasteiger partial charge in [-0.15, -0.1) is 0 Å². The number of nitrogens with one attached hydrogen (secondary N) is 1. The molecule has 0 radical (unpaired) electrons. The van der Waals surface area contributed by atoms with E-state index < -0.39 is 0 Å². The van der Waals surface area contributed by atoms with Crippen LogP contribution in [-0.2, 0) is 6.42 Å². The Morgan fingerprint density at radius 3 is 2.43 bits per heavy atom. The average Bonchev–Trinajstić information content (AvgIpc) is 2.48. The number of rotatable bonds is 6. The van der Waals surface area contributed by atoms with Gasteiger partial charge in [-0.1, -0.05) is 56.6 Å². The molecule has 0 fully saturated rings. The number of hydrogen-bond acceptors (Lipinski definition) is 2. The minimum Gasteiger partial charge on any atom is -0.309 e. The van der Waals surface area contributed by atoms with E-state index in [1.807, 2.05) is 12.1 Å². The minimum atomic E-state index is 0.147. The fraction of sp³-hybridized carbons (Fsp3) is 0.389. The van der Waals surface area contributed by atoms with Crippen molar-refractivity contribution in [1.29, 1.82) is 0 Å². The summed E-state index contributed by atoms with van der Waals surface area (Å²) < 4.78 is 0. The highest BCUT2D eigenvalue weighted by atomic mass is 35.5. The van der Waals surface area contributed by atoms with Crippen molar-refractivity contribution >= 4 is 11.6 Å². The zero-order valence-electron chi connectivity index (χ0n) is 12.9. The van der Waals surface area contributed by atoms with Gasteiger partial charge in [-0.25, -0.2) is 0 Å². The number of aromatic nitrogens is 1. The Morgan fingerprint density at radius 1 is 1.14 bits per heavy atom. The molecule has 21 heavy (non-hydrogen) atoms. The molecule has 0 amide bonds. The molecule has 0 aliphatic heterocycles. The molecule has 0 saturated carbocycles. The summed E-state index contributed by atoms with van der Waals surface area (Å²) in [6.45, 7) is 7.42. The van der Waals surface area contributed by atoms with Gasteiger partial charge in [0.2, 0.25) is 0 Å². The second kappa shape index (κ2) is 7.58. The topological polar surface area (TPSA) is 24.9 Å². The Bertz CT molecular complexity index is 564. The lowest BCUT2D eigenvalue weighted by molar-refractivity contribution is 0.537. The molecule has 2 aromatic rings. The maximum Gasteiger partial charge on any atom is 0.0762 e. The highest BCUT2D eigenvalue weighted by molar-refractivity contribution is 6.31. The van der Waals surface area contributed by atoms with E-state index in [1.54, 1.807) is 6.20 Å². The molecule has 0 aliphatic rings. The monoisotopic (exact) mass is 302 g/mol. The third kappa shape index (κ3) is 4.29. The molecular formula is C18H23ClN2. The van der Waals surface area contributed by atoms with Gasteiger partial charge in [-0.05, 0) is 42.1 Å². The summed E-state index contributed by atoms with van der Waals surface area (Å²) in [4.78, 5) is 4.44. The molecular weight excluding hydrogens is 280 g/mol. The quantitative estimate of drug-likeness (QED) is 0.833. The van der Waals surface area contributed by atoms with Crippen LogP contribution in [0.1, 0.15) is 49.6 Å². The lowest BCUT2D eigenvalue weighted by atomic mass is 9.98. The fourth-order valence-corrected chi connectivity index (χ4v) is 2.69. The predicted molar refractivity (Wildman–Crippen MR) is 89.9 cm³/mol. The van der Waals surface area contributed by atoms with Crippen molar-refractivity contribution < 1.29 is 0 Å². The van der Waals surface area contributed by atoms with Gasteiger partial charge in [0.15, 0.2) is 0 Å². The molecule has 1 aromatic carbocycles. The van der Waals surface area contributed by atoms with Crippen LogP contribution in [0.4, 0.5) is 0 Å². The molecule has 112 valence electrons. The van der Waals surface area contributed by atoms with Crippen LogP contribution in [0.3, 0.4) is 0 Å². The molecule has 2 nitrogen and oxygen atoms in total. The van der Waals surface area contributed by atoms with Crippen molar-refractivity contribution in [2.45, 2.75) is 39.2 Å². The summed E-state index contributed by atoms with van der Waals surface area (Å²) in [6.07, 6.45) is 2.69. The molecule has 0 aliphatic carbocycles. The van der Waals surface area contributed by atoms with Gasteiger partial charge < -0.3 is 5.32 Å². The first kappa shape index (κ1) is 16.0. The van der Waals surface area contributed by atoms with E-state index in [9.17, 15) is 0 Å². The van der Waals surface area contributed by atoms with E-state index >= 15 is 0 Å². The third-order valence-electron chi connectivity index (χ3n) is 3.65. The van der Waals surface area contributed by atoms with Crippen LogP contribution in [-0.4, -0.2) is 11.5 Å². The first-order chi connectivity index (χ1) is 10.1. The molecule has 1 heterocycles. The van der Waals surface area contributed by atoms with Gasteiger partial charge in [0.1, 0.15) is 0 Å². The van der Waals surface area contributed by atoms with Crippen molar-refractivity contribution in [2.24, 2.45) is 0 Å². The molecule has 0 saturated heterocycles. The number of hydrogen-bond donors (Lipinski definition) is 1. The Hall–Kier alpha value is -1.38. The summed E-state index contributed by atoms with van der Waals surface area (Å²) in [5.74, 6) is 0.564. The lowest BCUT2D eigenvalue weighted by Crippen LogP contribution is -2.24. The molecule has 2 rings (SSSR count). The van der Waals surface area contributed by atoms with E-state index in [0.717, 1.165) is 23.7 Å². The second-order valence-electron chi connectivity index (χ2n) is 5.58. The first-order valence-electron chi connectivity index (χ1n) is 7.54. The van der Waals surface area contributed by atoms with Gasteiger partial charge in [-0.3, -0.25) is 4.98 Å². The van der Waals surface area contributed by atoms with E-state index in [-0.39, 0.29) is 6.04 Å². The van der Waals surface area contributed by atoms with Crippen LogP contribution in [0, 0.1) is 0 Å². The zero-order valence-corrected chi connectivity index (χ0v) is 13.7. The van der Waals surface area contributed by atoms with Gasteiger partial charge in [-0.2, -0.15) is 0 Å². The zero-order chi connectivity index (χ0) is 15.2. The Kier molecular flexibility index (Phi) is 5.77. The normalized spacial score (nSPS) is 12.6. The molecule has 1 aromatic heterocycles. The second-order valence-corrected chi connectivity index (χ2v) is 5.99. The maximum absolute atomic E-state index is 6.29. The summed E-state index contributed by atoms with van der Waals surface area (Å²) in [6, 6.07) is 12.7. The third-order valence-corrected chi connectivity index (χ3v) is 3.97. The molecule has 0 bridgehead atoms. The largest absolute Gasteiger partial charge is 0.309 e. The average molecular weight is 303 g/mol. The Morgan fingerprint density at radius 2 is 1.86 bits per heavy atom. The summed E-state index contributed by atoms with van der Waals surface area (Å²) >= 11 is 6.29. The summed E-state index contributed by atoms with van der Waals surface area (Å²) in [7, 11) is 0. The highest BCUT2D eigenvalue weighted by Gasteiger charge is 2.15. The number of benzene rings is 1. The fourth-order valence-electron chi connectivity index (χ4n) is 2.44. The summed E-state index contributed by atoms with van der Waals surface area (Å²) in [5.41, 5.74) is 3.59. The van der Waals surface area contributed by atoms with Crippen molar-refractivity contribution in [3.63, 3.8) is 0 Å². The number of likely N-dealkylation sites (N-methyl/N-ethyl adjacent to an activating group) is 1. The van der Waals surface area contributed by atoms with E-state index in [4.69, 9.17) is 11.6 Å². The van der Waals surface area contributed by atoms with Crippen LogP contribution in [0.25, 0.3) is 0 Å². The van der Waals surface area contributed by atoms with Gasteiger partial charge in [0.05, 0.1) is 16.8 Å². The molecule has 1 atom stereocenters. The highest BCUT2D eigenvalue weighted by Crippen LogP contribution is 2.24. The van der Waals surface area contributed by atoms with Gasteiger partial charge >= 0.3 is 0 Å². The van der Waals surface area contributed by atoms with E-state index in [2.05, 4.69) is 55.3 Å². The van der Waals surface area contributed by atoms with Crippen LogP contribution in [0.2, 0.25) is 5.02 Å². The number of nitrogens with zero attached hydrogens (tertiary/aromatic N) is 1. The predicted octanol–water partition coefficient (Wildman–Crippen LogP) is 4.75. The SMILES string of the molecule is CCNC(Cc1ccc(C(C)C)cc1)c1ncccc1Cl. The van der Waals surface area contributed by atoms with Crippen molar-refractivity contribution in [3.05, 3.63) is 64.4 Å². The lowest BCUT2D eigenvalue weighted by Gasteiger charge is -2.19. The van der Waals surface area contributed by atoms with Gasteiger partial charge in [0, 0.05) is 6.20 Å². The number of pyridine rings is 1. The smallest absolute Gasteiger partial charge is 0.0762 e. The molecule has 3 heteroatoms. The van der Waals surface area contributed by atoms with Crippen molar-refractivity contribution in [1.82, 2.24) is 10.3 Å². The molecule has 0 spiro atoms. The van der Waals surface area contributed by atoms with Gasteiger partial charge in [0.25, 0.3) is 0 Å². The molecule has 1 N–H and O–H groups in total. The van der Waals surface area contributed by atoms with Crippen molar-refractivity contribution in [3.8, 4) is 0 Å². The number of halogens is 1. The first-order valence-corrected chi connectivity index (χ1v) is 7.92. The minimum absolute atomic E-state index is 0.147. The van der Waals surface area contributed by atoms with Crippen LogP contribution in [0.5, 0.6) is 0 Å². The summed E-state index contributed by atoms with van der Waals surface area (Å²) in [5, 5.41) is 4.20.